The van der Waals surface area contributed by atoms with Gasteiger partial charge in [-0.25, -0.2) is 9.50 Å². The van der Waals surface area contributed by atoms with Crippen LogP contribution in [0.4, 0.5) is 0 Å². The average molecular weight is 386 g/mol. The van der Waals surface area contributed by atoms with Crippen LogP contribution in [0.1, 0.15) is 47.5 Å². The zero-order valence-electron chi connectivity index (χ0n) is 17.4. The number of aromatic nitrogens is 3. The number of amides is 1. The minimum absolute atomic E-state index is 0.0112. The van der Waals surface area contributed by atoms with Crippen LogP contribution in [-0.2, 0) is 11.2 Å². The van der Waals surface area contributed by atoms with E-state index < -0.39 is 0 Å². The van der Waals surface area contributed by atoms with E-state index in [1.54, 1.807) is 0 Å². The first-order chi connectivity index (χ1) is 14.0. The Hall–Kier alpha value is -3.21. The second-order valence-electron chi connectivity index (χ2n) is 7.66. The van der Waals surface area contributed by atoms with E-state index in [0.717, 1.165) is 39.1 Å². The SMILES string of the molecule is Cc1ccccc1C(C)NC(=O)CCc1c(C)nc2c3ccccc3nn2c1C. The van der Waals surface area contributed by atoms with E-state index in [9.17, 15) is 4.79 Å². The molecular formula is C24H26N4O. The summed E-state index contributed by atoms with van der Waals surface area (Å²) in [7, 11) is 0. The smallest absolute Gasteiger partial charge is 0.220 e. The van der Waals surface area contributed by atoms with Gasteiger partial charge in [0.15, 0.2) is 5.65 Å². The largest absolute Gasteiger partial charge is 0.350 e. The van der Waals surface area contributed by atoms with Gasteiger partial charge in [-0.2, -0.15) is 5.10 Å². The molecule has 5 nitrogen and oxygen atoms in total. The molecule has 0 aliphatic carbocycles. The van der Waals surface area contributed by atoms with Crippen LogP contribution in [0.2, 0.25) is 0 Å². The maximum Gasteiger partial charge on any atom is 0.220 e. The number of aryl methyl sites for hydroxylation is 3. The number of carbonyl (C=O) groups excluding carboxylic acids is 1. The van der Waals surface area contributed by atoms with E-state index in [-0.39, 0.29) is 11.9 Å². The number of fused-ring (bicyclic) bond motifs is 3. The third kappa shape index (κ3) is 3.60. The minimum atomic E-state index is -0.0112. The van der Waals surface area contributed by atoms with Gasteiger partial charge in [-0.05, 0) is 62.9 Å². The molecule has 0 radical (unpaired) electrons. The lowest BCUT2D eigenvalue weighted by molar-refractivity contribution is -0.121. The Balaban J connectivity index is 1.53. The summed E-state index contributed by atoms with van der Waals surface area (Å²) in [5.74, 6) is 0.0466. The molecule has 29 heavy (non-hydrogen) atoms. The van der Waals surface area contributed by atoms with Crippen molar-refractivity contribution in [1.29, 1.82) is 0 Å². The highest BCUT2D eigenvalue weighted by Gasteiger charge is 2.16. The molecule has 0 bridgehead atoms. The standard InChI is InChI=1S/C24H26N4O/c1-15-9-5-6-10-19(15)16(2)25-23(29)14-13-20-17(3)26-24-21-11-7-8-12-22(21)27-28(24)18(20)4/h5-12,16H,13-14H2,1-4H3,(H,25,29). The lowest BCUT2D eigenvalue weighted by Crippen LogP contribution is -2.27. The molecule has 0 aliphatic heterocycles. The molecular weight excluding hydrogens is 360 g/mol. The molecule has 0 aliphatic rings. The van der Waals surface area contributed by atoms with Gasteiger partial charge >= 0.3 is 0 Å². The summed E-state index contributed by atoms with van der Waals surface area (Å²) in [5, 5.41) is 8.87. The van der Waals surface area contributed by atoms with Gasteiger partial charge in [0.1, 0.15) is 0 Å². The third-order valence-corrected chi connectivity index (χ3v) is 5.65. The van der Waals surface area contributed by atoms with E-state index in [2.05, 4.69) is 31.3 Å². The summed E-state index contributed by atoms with van der Waals surface area (Å²) in [5.41, 5.74) is 7.24. The topological polar surface area (TPSA) is 59.3 Å². The molecule has 2 heterocycles. The van der Waals surface area contributed by atoms with Gasteiger partial charge in [-0.1, -0.05) is 36.4 Å². The molecule has 0 fully saturated rings. The Morgan fingerprint density at radius 2 is 1.79 bits per heavy atom. The first-order valence-electron chi connectivity index (χ1n) is 10.0. The van der Waals surface area contributed by atoms with Crippen LogP contribution >= 0.6 is 0 Å². The zero-order chi connectivity index (χ0) is 20.5. The average Bonchev–Trinajstić information content (AvgIpc) is 3.07. The van der Waals surface area contributed by atoms with Crippen LogP contribution in [0.3, 0.4) is 0 Å². The number of nitrogens with one attached hydrogen (secondary N) is 1. The van der Waals surface area contributed by atoms with Crippen LogP contribution in [0.25, 0.3) is 16.6 Å². The summed E-state index contributed by atoms with van der Waals surface area (Å²) in [6.07, 6.45) is 1.06. The Morgan fingerprint density at radius 3 is 2.59 bits per heavy atom. The van der Waals surface area contributed by atoms with Crippen molar-refractivity contribution < 1.29 is 4.79 Å². The Morgan fingerprint density at radius 1 is 1.07 bits per heavy atom. The van der Waals surface area contributed by atoms with Gasteiger partial charge in [-0.3, -0.25) is 4.79 Å². The van der Waals surface area contributed by atoms with E-state index in [0.29, 0.717) is 12.8 Å². The first-order valence-corrected chi connectivity index (χ1v) is 10.0. The van der Waals surface area contributed by atoms with Crippen LogP contribution in [0, 0.1) is 20.8 Å². The van der Waals surface area contributed by atoms with Crippen LogP contribution in [0.5, 0.6) is 0 Å². The van der Waals surface area contributed by atoms with Crippen LogP contribution in [-0.4, -0.2) is 20.5 Å². The normalized spacial score (nSPS) is 12.4. The summed E-state index contributed by atoms with van der Waals surface area (Å²) < 4.78 is 1.90. The summed E-state index contributed by atoms with van der Waals surface area (Å²) in [4.78, 5) is 17.4. The number of carbonyl (C=O) groups is 1. The molecule has 148 valence electrons. The van der Waals surface area contributed by atoms with Crippen LogP contribution < -0.4 is 5.32 Å². The number of hydrogen-bond donors (Lipinski definition) is 1. The number of nitrogens with zero attached hydrogens (tertiary/aromatic N) is 3. The molecule has 4 aromatic rings. The van der Waals surface area contributed by atoms with Gasteiger partial charge in [0.05, 0.1) is 11.6 Å². The zero-order valence-corrected chi connectivity index (χ0v) is 17.4. The monoisotopic (exact) mass is 386 g/mol. The van der Waals surface area contributed by atoms with E-state index in [1.165, 1.54) is 5.56 Å². The van der Waals surface area contributed by atoms with E-state index in [4.69, 9.17) is 10.1 Å². The minimum Gasteiger partial charge on any atom is -0.350 e. The van der Waals surface area contributed by atoms with Crippen LogP contribution in [0.15, 0.2) is 48.5 Å². The van der Waals surface area contributed by atoms with Crippen molar-refractivity contribution in [2.24, 2.45) is 0 Å². The van der Waals surface area contributed by atoms with Crippen molar-refractivity contribution in [2.45, 2.75) is 46.6 Å². The molecule has 0 saturated heterocycles. The highest BCUT2D eigenvalue weighted by Crippen LogP contribution is 2.23. The summed E-state index contributed by atoms with van der Waals surface area (Å²) in [6.45, 7) is 8.16. The molecule has 0 saturated carbocycles. The number of benzene rings is 2. The Bertz CT molecular complexity index is 1210. The maximum absolute atomic E-state index is 12.6. The molecule has 1 atom stereocenters. The van der Waals surface area contributed by atoms with Gasteiger partial charge in [-0.15, -0.1) is 0 Å². The van der Waals surface area contributed by atoms with Crippen molar-refractivity contribution in [3.63, 3.8) is 0 Å². The molecule has 1 unspecified atom stereocenters. The van der Waals surface area contributed by atoms with Crippen molar-refractivity contribution >= 4 is 22.5 Å². The van der Waals surface area contributed by atoms with Crippen molar-refractivity contribution in [3.05, 3.63) is 76.6 Å². The lowest BCUT2D eigenvalue weighted by Gasteiger charge is -2.17. The van der Waals surface area contributed by atoms with Crippen molar-refractivity contribution in [1.82, 2.24) is 19.9 Å². The van der Waals surface area contributed by atoms with Crippen molar-refractivity contribution in [2.75, 3.05) is 0 Å². The second-order valence-corrected chi connectivity index (χ2v) is 7.66. The fraction of sp³-hybridized carbons (Fsp3) is 0.292. The molecule has 1 N–H and O–H groups in total. The third-order valence-electron chi connectivity index (χ3n) is 5.65. The Kier molecular flexibility index (Phi) is 5.05. The summed E-state index contributed by atoms with van der Waals surface area (Å²) in [6, 6.07) is 16.2. The van der Waals surface area contributed by atoms with E-state index in [1.807, 2.05) is 54.8 Å². The second kappa shape index (κ2) is 7.66. The molecule has 2 aromatic carbocycles. The quantitative estimate of drug-likeness (QED) is 0.544. The van der Waals surface area contributed by atoms with E-state index >= 15 is 0 Å². The predicted molar refractivity (Wildman–Crippen MR) is 116 cm³/mol. The predicted octanol–water partition coefficient (Wildman–Crippen LogP) is 4.62. The number of hydrogen-bond acceptors (Lipinski definition) is 3. The number of rotatable bonds is 5. The summed E-state index contributed by atoms with van der Waals surface area (Å²) >= 11 is 0. The molecule has 5 heteroatoms. The lowest BCUT2D eigenvalue weighted by atomic mass is 10.0. The molecule has 4 rings (SSSR count). The molecule has 0 spiro atoms. The van der Waals surface area contributed by atoms with Gasteiger partial charge in [0.2, 0.25) is 5.91 Å². The molecule has 1 amide bonds. The first kappa shape index (κ1) is 19.1. The fourth-order valence-electron chi connectivity index (χ4n) is 4.04. The van der Waals surface area contributed by atoms with Crippen molar-refractivity contribution in [3.8, 4) is 0 Å². The fourth-order valence-corrected chi connectivity index (χ4v) is 4.04. The highest BCUT2D eigenvalue weighted by molar-refractivity contribution is 5.92. The van der Waals surface area contributed by atoms with Gasteiger partial charge < -0.3 is 5.32 Å². The van der Waals surface area contributed by atoms with Gasteiger partial charge in [0, 0.05) is 23.2 Å². The highest BCUT2D eigenvalue weighted by atomic mass is 16.1. The Labute approximate surface area is 170 Å². The van der Waals surface area contributed by atoms with Gasteiger partial charge in [0.25, 0.3) is 0 Å². The molecule has 2 aromatic heterocycles. The maximum atomic E-state index is 12.6.